The topological polar surface area (TPSA) is 755 Å². The molecule has 144 heavy (non-hydrogen) atoms. The summed E-state index contributed by atoms with van der Waals surface area (Å²) < 4.78 is 0. The van der Waals surface area contributed by atoms with E-state index in [1.807, 2.05) is 0 Å². The Kier molecular flexibility index (Phi) is 43.9. The number of carboxylic acid groups (broad SMARTS) is 4. The van der Waals surface area contributed by atoms with Crippen LogP contribution in [0, 0.1) is 5.92 Å². The van der Waals surface area contributed by atoms with Gasteiger partial charge in [0.25, 0.3) is 0 Å². The summed E-state index contributed by atoms with van der Waals surface area (Å²) >= 11 is 0. The molecule has 0 spiro atoms. The van der Waals surface area contributed by atoms with E-state index < -0.39 is 253 Å². The van der Waals surface area contributed by atoms with Crippen molar-refractivity contribution in [3.63, 3.8) is 0 Å². The lowest BCUT2D eigenvalue weighted by atomic mass is 9.97. The average molecular weight is 2050 g/mol. The number of nitrogens with two attached hydrogens (primary N) is 2. The van der Waals surface area contributed by atoms with Crippen molar-refractivity contribution in [3.8, 4) is 0 Å². The van der Waals surface area contributed by atoms with Crippen LogP contribution in [0.3, 0.4) is 0 Å². The number of unbranched alkanes of at least 4 members (excludes halogenated alkanes) is 1. The highest BCUT2D eigenvalue weighted by Gasteiger charge is 2.44. The Hall–Kier alpha value is -13.9. The highest BCUT2D eigenvalue weighted by Crippen LogP contribution is 2.28. The van der Waals surface area contributed by atoms with Gasteiger partial charge in [-0.05, 0) is 79.8 Å². The minimum absolute atomic E-state index is 0.0120. The maximum absolute atomic E-state index is 15.7. The molecule has 0 radical (unpaired) electrons. The quantitative estimate of drug-likeness (QED) is 0.0125. The summed E-state index contributed by atoms with van der Waals surface area (Å²) in [5.41, 5.74) is 14.7. The summed E-state index contributed by atoms with van der Waals surface area (Å²) in [5, 5.41) is 106. The highest BCUT2D eigenvalue weighted by molar-refractivity contribution is 8.76. The van der Waals surface area contributed by atoms with Gasteiger partial charge in [-0.1, -0.05) is 96.5 Å². The number of hydrogen-bond donors (Lipinski definition) is 25. The summed E-state index contributed by atoms with van der Waals surface area (Å²) in [6.07, 6.45) is 0.188. The van der Waals surface area contributed by atoms with Gasteiger partial charge in [0.15, 0.2) is 0 Å². The molecule has 3 aliphatic rings. The van der Waals surface area contributed by atoms with E-state index in [0.717, 1.165) is 18.7 Å². The molecule has 0 saturated carbocycles. The fourth-order valence-corrected chi connectivity index (χ4v) is 19.1. The number of aromatic amines is 3. The van der Waals surface area contributed by atoms with Crippen molar-refractivity contribution < 1.29 is 132 Å². The molecule has 0 unspecified atom stereocenters. The number of carbonyl (C=O) groups excluding carboxylic acids is 16. The average Bonchev–Trinajstić information content (AvgIpc) is 1.63. The summed E-state index contributed by atoms with van der Waals surface area (Å²) in [6, 6.07) is -3.10. The molecule has 3 aromatic heterocycles. The third-order valence-electron chi connectivity index (χ3n) is 24.7. The first kappa shape index (κ1) is 114. The van der Waals surface area contributed by atoms with E-state index in [-0.39, 0.29) is 143 Å². The monoisotopic (exact) mass is 2050 g/mol. The predicted octanol–water partition coefficient (Wildman–Crippen LogP) is -6.61. The Morgan fingerprint density at radius 3 is 1.41 bits per heavy atom. The van der Waals surface area contributed by atoms with Crippen molar-refractivity contribution in [2.75, 3.05) is 116 Å². The van der Waals surface area contributed by atoms with E-state index in [1.165, 1.54) is 13.1 Å². The number of nitrogens with one attached hydrogen (secondary N) is 16. The lowest BCUT2D eigenvalue weighted by Crippen LogP contribution is -2.63. The molecule has 3 aliphatic heterocycles. The second-order valence-electron chi connectivity index (χ2n) is 35.5. The maximum atomic E-state index is 15.7. The first-order valence-electron chi connectivity index (χ1n) is 46.9. The van der Waals surface area contributed by atoms with Gasteiger partial charge < -0.3 is 136 Å². The number of likely N-dealkylation sites (tertiary alicyclic amines) is 1. The molecule has 6 aromatic rings. The number of primary amides is 2. The van der Waals surface area contributed by atoms with E-state index >= 15 is 24.0 Å². The Morgan fingerprint density at radius 2 is 0.917 bits per heavy atom. The number of para-hydroxylation sites is 3. The van der Waals surface area contributed by atoms with Crippen LogP contribution in [0.4, 0.5) is 0 Å². The molecule has 50 nitrogen and oxygen atoms in total. The van der Waals surface area contributed by atoms with E-state index in [4.69, 9.17) is 11.5 Å². The molecule has 3 aromatic carbocycles. The number of carboxylic acids is 4. The fourth-order valence-electron chi connectivity index (χ4n) is 16.8. The number of carbonyl (C=O) groups is 20. The minimum atomic E-state index is -2.23. The molecule has 784 valence electrons. The van der Waals surface area contributed by atoms with Crippen LogP contribution in [0.15, 0.2) is 91.4 Å². The molecule has 3 saturated heterocycles. The van der Waals surface area contributed by atoms with Crippen LogP contribution in [0.5, 0.6) is 0 Å². The molecule has 0 bridgehead atoms. The van der Waals surface area contributed by atoms with Crippen molar-refractivity contribution in [3.05, 3.63) is 108 Å². The number of nitrogens with zero attached hydrogens (tertiary/aromatic N) is 5. The van der Waals surface area contributed by atoms with Gasteiger partial charge in [0.2, 0.25) is 94.5 Å². The van der Waals surface area contributed by atoms with Gasteiger partial charge in [-0.15, -0.1) is 0 Å². The van der Waals surface area contributed by atoms with E-state index in [1.54, 1.807) is 112 Å². The molecule has 15 atom stereocenters. The molecule has 0 aliphatic carbocycles. The van der Waals surface area contributed by atoms with Gasteiger partial charge in [0.1, 0.15) is 78.5 Å². The lowest BCUT2D eigenvalue weighted by molar-refractivity contribution is -0.143. The van der Waals surface area contributed by atoms with Gasteiger partial charge in [0.05, 0.1) is 58.3 Å². The summed E-state index contributed by atoms with van der Waals surface area (Å²) in [5.74, 6) is -25.1. The molecule has 9 rings (SSSR count). The van der Waals surface area contributed by atoms with Crippen molar-refractivity contribution in [1.82, 2.24) is 109 Å². The Morgan fingerprint density at radius 1 is 0.472 bits per heavy atom. The van der Waals surface area contributed by atoms with Crippen LogP contribution in [0.2, 0.25) is 0 Å². The highest BCUT2D eigenvalue weighted by atomic mass is 33.1. The van der Waals surface area contributed by atoms with Gasteiger partial charge in [-0.2, -0.15) is 0 Å². The Balaban J connectivity index is 1.00. The molecule has 52 heteroatoms. The number of aromatic nitrogens is 3. The number of benzene rings is 3. The zero-order chi connectivity index (χ0) is 105. The van der Waals surface area contributed by atoms with Gasteiger partial charge >= 0.3 is 23.9 Å². The van der Waals surface area contributed by atoms with Crippen LogP contribution in [-0.4, -0.2) is 395 Å². The molecule has 6 heterocycles. The number of hydrogen-bond acceptors (Lipinski definition) is 29. The Bertz CT molecular complexity index is 5550. The van der Waals surface area contributed by atoms with E-state index in [0.29, 0.717) is 71.0 Å². The van der Waals surface area contributed by atoms with Crippen molar-refractivity contribution >= 4 is 173 Å². The second-order valence-corrected chi connectivity index (χ2v) is 38.1. The van der Waals surface area contributed by atoms with Crippen LogP contribution in [0.1, 0.15) is 95.8 Å². The van der Waals surface area contributed by atoms with Crippen molar-refractivity contribution in [2.24, 2.45) is 17.4 Å². The van der Waals surface area contributed by atoms with Crippen LogP contribution in [-0.2, 0) is 115 Å². The fraction of sp³-hybridized carbons (Fsp3) is 0.522. The zero-order valence-corrected chi connectivity index (χ0v) is 81.5. The number of aliphatic carboxylic acids is 4. The zero-order valence-electron chi connectivity index (χ0n) is 79.8. The van der Waals surface area contributed by atoms with Gasteiger partial charge in [-0.3, -0.25) is 115 Å². The normalized spacial score (nSPS) is 21.1. The third kappa shape index (κ3) is 34.4. The van der Waals surface area contributed by atoms with Gasteiger partial charge in [0, 0.05) is 154 Å². The largest absolute Gasteiger partial charge is 0.481 e. The molecular weight excluding hydrogens is 1920 g/mol. The number of rotatable bonds is 41. The third-order valence-corrected chi connectivity index (χ3v) is 27.1. The molecule has 27 N–H and O–H groups in total. The lowest BCUT2D eigenvalue weighted by Gasteiger charge is -2.32. The number of aliphatic hydroxyl groups is 3. The van der Waals surface area contributed by atoms with Gasteiger partial charge in [-0.25, -0.2) is 0 Å². The van der Waals surface area contributed by atoms with Crippen molar-refractivity contribution in [1.29, 1.82) is 0 Å². The smallest absolute Gasteiger partial charge is 0.317 e. The molecule has 3 fully saturated rings. The van der Waals surface area contributed by atoms with Crippen LogP contribution < -0.4 is 80.6 Å². The van der Waals surface area contributed by atoms with E-state index in [2.05, 4.69) is 84.1 Å². The second kappa shape index (κ2) is 55.7. The number of fused-ring (bicyclic) bond motifs is 3. The van der Waals surface area contributed by atoms with Crippen LogP contribution >= 0.6 is 21.6 Å². The molecular formula is C92H127N23O27S2. The van der Waals surface area contributed by atoms with E-state index in [9.17, 15) is 108 Å². The predicted molar refractivity (Wildman–Crippen MR) is 521 cm³/mol. The van der Waals surface area contributed by atoms with Crippen molar-refractivity contribution in [2.45, 2.75) is 183 Å². The summed E-state index contributed by atoms with van der Waals surface area (Å²) in [4.78, 5) is 297. The number of amides is 16. The minimum Gasteiger partial charge on any atom is -0.481 e. The first-order chi connectivity index (χ1) is 68.6. The summed E-state index contributed by atoms with van der Waals surface area (Å²) in [6.45, 7) is 2.70. The number of aliphatic hydroxyl groups excluding tert-OH is 3. The number of H-pyrrole nitrogens is 3. The maximum Gasteiger partial charge on any atom is 0.317 e. The Labute approximate surface area is 833 Å². The van der Waals surface area contributed by atoms with Crippen LogP contribution in [0.25, 0.3) is 32.7 Å². The molecule has 16 amide bonds. The SMILES string of the molecule is CC[C@H](C)[C@H](NC(=O)[C@@H](NC(=O)[C@H](Cc1c[nH]c2ccccc12)NC(C)=O)[C@@H](C)O)C(=O)N[C@H]1CSSC[C@@H](C(=O)N[C@@H](Cc2c[nH]c3ccccc23)C(=O)N2CCC[C@H]2C(=O)N[C@H](CCCCNC(=O)CN2CCN(CC(=O)O)CCN(CC(=O)O)CCN(CC(=O)O)CC2)C(N)=O)NC(=O)[C@H](CC(=O)O)NC(=O)[C@H](CO)NC(=O)[C@H](Cc2c[nH]c3ccccc23)NC(=O)[C@H](CO)NC(=O)[C@H](CC(N)=O)NC1=O. The summed E-state index contributed by atoms with van der Waals surface area (Å²) in [7, 11) is 1.30. The first-order valence-corrected chi connectivity index (χ1v) is 49.4. The standard InChI is InChI=1S/C92H127N23O27S2/c1-5-49(2)78(109-91(141)79(50(3)118)110-84(134)62(99-51(4)119)33-52-38-96-58-18-9-6-15-55(52)58)90(140)108-70-48-144-143-47-69(107-83(133)65(37-74(122)123)103-86(136)68(46-117)105-81(131)63(34-53-39-97-59-19-10-7-16-56(53)59)101-85(135)67(45-116)106-82(132)64(36-72(93)120)102-87(70)137)88(138)104-66(35-54-40-98-60-20-11-8-17-57(54)60)92(142)115-24-14-22-71(115)89(139)100-61(80(94)130)21-12-13-23-95-73(121)41-111-25-27-112(42-75(124)125)29-31-114(44-77(128)129)32-30-113(28-26-111)43-76(126)127/h6-11,15-20,38-40,49-50,61-71,78-79,96-98,116-118H,5,12-14,21-37,41-48H2,1-4H3,(H2,93,120)(H2,94,130)(H,95,121)(H,99,119)(H,100,139)(H,101,135)(H,102,137)(H,103,136)(H,104,138)(H,105,131)(H,106,132)(H,107,133)(H,108,140)(H,109,141)(H,110,134)(H,122,123)(H,124,125)(H,126,127)(H,128,129)/t49-,50+,61+,62-,63-,64-,65-,66-,67-,68-,69-,70-,71-,78-,79-/m0/s1.